The van der Waals surface area contributed by atoms with Crippen molar-refractivity contribution >= 4 is 0 Å². The Hall–Kier alpha value is -0.890. The Morgan fingerprint density at radius 2 is 2.40 bits per heavy atom. The SMILES string of the molecule is CCc1ccc(CC2CCCNC2)nc1. The first-order chi connectivity index (χ1) is 7.38. The van der Waals surface area contributed by atoms with Crippen molar-refractivity contribution in [3.63, 3.8) is 0 Å². The first-order valence-corrected chi connectivity index (χ1v) is 6.03. The number of rotatable bonds is 3. The molecule has 2 heterocycles. The molecule has 0 saturated carbocycles. The number of aromatic nitrogens is 1. The number of pyridine rings is 1. The highest BCUT2D eigenvalue weighted by Gasteiger charge is 2.13. The molecule has 0 aliphatic carbocycles. The average Bonchev–Trinajstić information content (AvgIpc) is 2.31. The van der Waals surface area contributed by atoms with Crippen molar-refractivity contribution < 1.29 is 0 Å². The molecule has 1 aliphatic heterocycles. The van der Waals surface area contributed by atoms with Crippen LogP contribution in [0.2, 0.25) is 0 Å². The van der Waals surface area contributed by atoms with Gasteiger partial charge in [0.2, 0.25) is 0 Å². The number of piperidine rings is 1. The molecule has 1 saturated heterocycles. The second-order valence-corrected chi connectivity index (χ2v) is 4.43. The molecular formula is C13H20N2. The van der Waals surface area contributed by atoms with Crippen LogP contribution in [0.4, 0.5) is 0 Å². The van der Waals surface area contributed by atoms with Gasteiger partial charge < -0.3 is 5.32 Å². The molecule has 15 heavy (non-hydrogen) atoms. The fraction of sp³-hybridized carbons (Fsp3) is 0.615. The molecule has 0 radical (unpaired) electrons. The number of hydrogen-bond donors (Lipinski definition) is 1. The fourth-order valence-corrected chi connectivity index (χ4v) is 2.18. The van der Waals surface area contributed by atoms with E-state index in [4.69, 9.17) is 0 Å². The molecule has 0 spiro atoms. The van der Waals surface area contributed by atoms with Gasteiger partial charge in [0, 0.05) is 11.9 Å². The molecule has 2 heteroatoms. The lowest BCUT2D eigenvalue weighted by Crippen LogP contribution is -2.31. The summed E-state index contributed by atoms with van der Waals surface area (Å²) in [5, 5.41) is 3.45. The van der Waals surface area contributed by atoms with Crippen molar-refractivity contribution in [1.82, 2.24) is 10.3 Å². The minimum absolute atomic E-state index is 0.790. The van der Waals surface area contributed by atoms with Gasteiger partial charge in [-0.3, -0.25) is 4.98 Å². The summed E-state index contributed by atoms with van der Waals surface area (Å²) in [6.07, 6.45) is 6.91. The predicted octanol–water partition coefficient (Wildman–Crippen LogP) is 2.19. The summed E-state index contributed by atoms with van der Waals surface area (Å²) in [6.45, 7) is 4.53. The summed E-state index contributed by atoms with van der Waals surface area (Å²) in [4.78, 5) is 4.52. The second kappa shape index (κ2) is 5.26. The van der Waals surface area contributed by atoms with E-state index in [0.717, 1.165) is 25.3 Å². The van der Waals surface area contributed by atoms with Gasteiger partial charge in [0.1, 0.15) is 0 Å². The van der Waals surface area contributed by atoms with Crippen LogP contribution in [0.3, 0.4) is 0 Å². The highest BCUT2D eigenvalue weighted by Crippen LogP contribution is 2.15. The molecule has 1 aromatic rings. The van der Waals surface area contributed by atoms with Crippen LogP contribution in [0, 0.1) is 5.92 Å². The number of nitrogens with one attached hydrogen (secondary N) is 1. The number of hydrogen-bond acceptors (Lipinski definition) is 2. The summed E-state index contributed by atoms with van der Waals surface area (Å²) in [6, 6.07) is 4.39. The maximum absolute atomic E-state index is 4.52. The molecule has 0 bridgehead atoms. The molecule has 1 aromatic heterocycles. The second-order valence-electron chi connectivity index (χ2n) is 4.43. The minimum Gasteiger partial charge on any atom is -0.316 e. The van der Waals surface area contributed by atoms with Gasteiger partial charge in [-0.1, -0.05) is 13.0 Å². The van der Waals surface area contributed by atoms with Crippen molar-refractivity contribution in [3.05, 3.63) is 29.6 Å². The number of nitrogens with zero attached hydrogens (tertiary/aromatic N) is 1. The normalized spacial score (nSPS) is 21.5. The van der Waals surface area contributed by atoms with E-state index in [0.29, 0.717) is 0 Å². The molecule has 0 aromatic carbocycles. The van der Waals surface area contributed by atoms with E-state index in [1.165, 1.54) is 30.6 Å². The molecule has 0 amide bonds. The molecule has 1 fully saturated rings. The van der Waals surface area contributed by atoms with Crippen molar-refractivity contribution in [3.8, 4) is 0 Å². The molecule has 1 atom stereocenters. The molecule has 82 valence electrons. The Kier molecular flexibility index (Phi) is 3.73. The van der Waals surface area contributed by atoms with Crippen LogP contribution < -0.4 is 5.32 Å². The van der Waals surface area contributed by atoms with Crippen molar-refractivity contribution in [2.24, 2.45) is 5.92 Å². The monoisotopic (exact) mass is 204 g/mol. The topological polar surface area (TPSA) is 24.9 Å². The zero-order valence-electron chi connectivity index (χ0n) is 9.50. The van der Waals surface area contributed by atoms with Crippen molar-refractivity contribution in [2.45, 2.75) is 32.6 Å². The highest BCUT2D eigenvalue weighted by molar-refractivity contribution is 5.14. The first kappa shape index (κ1) is 10.6. The van der Waals surface area contributed by atoms with E-state index in [9.17, 15) is 0 Å². The van der Waals surface area contributed by atoms with Crippen LogP contribution in [-0.4, -0.2) is 18.1 Å². The maximum atomic E-state index is 4.52. The van der Waals surface area contributed by atoms with Gasteiger partial charge in [0.15, 0.2) is 0 Å². The minimum atomic E-state index is 0.790. The highest BCUT2D eigenvalue weighted by atomic mass is 14.9. The van der Waals surface area contributed by atoms with Crippen LogP contribution in [0.5, 0.6) is 0 Å². The zero-order chi connectivity index (χ0) is 10.5. The number of aryl methyl sites for hydroxylation is 1. The van der Waals surface area contributed by atoms with E-state index >= 15 is 0 Å². The lowest BCUT2D eigenvalue weighted by Gasteiger charge is -2.22. The van der Waals surface area contributed by atoms with Gasteiger partial charge in [-0.05, 0) is 56.3 Å². The van der Waals surface area contributed by atoms with Gasteiger partial charge in [-0.25, -0.2) is 0 Å². The molecule has 2 rings (SSSR count). The van der Waals surface area contributed by atoms with Crippen LogP contribution >= 0.6 is 0 Å². The van der Waals surface area contributed by atoms with Crippen LogP contribution in [0.15, 0.2) is 18.3 Å². The molecule has 1 aliphatic rings. The lowest BCUT2D eigenvalue weighted by atomic mass is 9.94. The van der Waals surface area contributed by atoms with Crippen molar-refractivity contribution in [2.75, 3.05) is 13.1 Å². The summed E-state index contributed by atoms with van der Waals surface area (Å²) in [5.74, 6) is 0.790. The summed E-state index contributed by atoms with van der Waals surface area (Å²) < 4.78 is 0. The zero-order valence-corrected chi connectivity index (χ0v) is 9.50. The predicted molar refractivity (Wildman–Crippen MR) is 62.9 cm³/mol. The van der Waals surface area contributed by atoms with Gasteiger partial charge in [-0.2, -0.15) is 0 Å². The smallest absolute Gasteiger partial charge is 0.0407 e. The fourth-order valence-electron chi connectivity index (χ4n) is 2.18. The van der Waals surface area contributed by atoms with Gasteiger partial charge in [-0.15, -0.1) is 0 Å². The van der Waals surface area contributed by atoms with Crippen LogP contribution in [0.1, 0.15) is 31.0 Å². The van der Waals surface area contributed by atoms with Gasteiger partial charge in [0.25, 0.3) is 0 Å². The first-order valence-electron chi connectivity index (χ1n) is 6.03. The Morgan fingerprint density at radius 3 is 3.00 bits per heavy atom. The standard InChI is InChI=1S/C13H20N2/c1-2-11-5-6-13(15-10-11)8-12-4-3-7-14-9-12/h5-6,10,12,14H,2-4,7-9H2,1H3. The summed E-state index contributed by atoms with van der Waals surface area (Å²) in [5.41, 5.74) is 2.58. The molecule has 1 N–H and O–H groups in total. The summed E-state index contributed by atoms with van der Waals surface area (Å²) >= 11 is 0. The van der Waals surface area contributed by atoms with E-state index in [-0.39, 0.29) is 0 Å². The molecule has 1 unspecified atom stereocenters. The largest absolute Gasteiger partial charge is 0.316 e. The Bertz CT molecular complexity index is 286. The third-order valence-electron chi connectivity index (χ3n) is 3.19. The third-order valence-corrected chi connectivity index (χ3v) is 3.19. The average molecular weight is 204 g/mol. The van der Waals surface area contributed by atoms with E-state index in [2.05, 4.69) is 29.4 Å². The Labute approximate surface area is 92.1 Å². The Balaban J connectivity index is 1.91. The van der Waals surface area contributed by atoms with E-state index in [1.807, 2.05) is 6.20 Å². The maximum Gasteiger partial charge on any atom is 0.0407 e. The van der Waals surface area contributed by atoms with Gasteiger partial charge in [0.05, 0.1) is 0 Å². The quantitative estimate of drug-likeness (QED) is 0.816. The van der Waals surface area contributed by atoms with E-state index < -0.39 is 0 Å². The molecule has 2 nitrogen and oxygen atoms in total. The third kappa shape index (κ3) is 3.03. The van der Waals surface area contributed by atoms with E-state index in [1.54, 1.807) is 0 Å². The van der Waals surface area contributed by atoms with Crippen molar-refractivity contribution in [1.29, 1.82) is 0 Å². The summed E-state index contributed by atoms with van der Waals surface area (Å²) in [7, 11) is 0. The lowest BCUT2D eigenvalue weighted by molar-refractivity contribution is 0.373. The van der Waals surface area contributed by atoms with Gasteiger partial charge >= 0.3 is 0 Å². The molecular weight excluding hydrogens is 184 g/mol. The Morgan fingerprint density at radius 1 is 1.47 bits per heavy atom. The van der Waals surface area contributed by atoms with Crippen LogP contribution in [-0.2, 0) is 12.8 Å². The van der Waals surface area contributed by atoms with Crippen LogP contribution in [0.25, 0.3) is 0 Å².